The van der Waals surface area contributed by atoms with Gasteiger partial charge >= 0.3 is 0 Å². The lowest BCUT2D eigenvalue weighted by atomic mass is 9.90. The molecule has 0 saturated heterocycles. The number of hydrogen-bond acceptors (Lipinski definition) is 1. The van der Waals surface area contributed by atoms with Crippen LogP contribution in [0.4, 0.5) is 0 Å². The minimum Gasteiger partial charge on any atom is -0.380 e. The van der Waals surface area contributed by atoms with Gasteiger partial charge in [-0.3, -0.25) is 0 Å². The van der Waals surface area contributed by atoms with Crippen molar-refractivity contribution in [2.75, 3.05) is 7.11 Å². The molecule has 0 aromatic heterocycles. The Morgan fingerprint density at radius 1 is 0.800 bits per heavy atom. The topological polar surface area (TPSA) is 9.23 Å². The summed E-state index contributed by atoms with van der Waals surface area (Å²) in [6, 6.07) is 22.0. The molecule has 0 bridgehead atoms. The Morgan fingerprint density at radius 3 is 2.32 bits per heavy atom. The van der Waals surface area contributed by atoms with Crippen LogP contribution >= 0.6 is 0 Å². The summed E-state index contributed by atoms with van der Waals surface area (Å²) in [6.45, 7) is 7.29. The van der Waals surface area contributed by atoms with E-state index in [4.69, 9.17) is 4.74 Å². The average Bonchev–Trinajstić information content (AvgIpc) is 2.63. The van der Waals surface area contributed by atoms with Gasteiger partial charge in [-0.25, -0.2) is 0 Å². The van der Waals surface area contributed by atoms with Crippen molar-refractivity contribution in [3.05, 3.63) is 82.9 Å². The van der Waals surface area contributed by atoms with Crippen LogP contribution in [-0.2, 0) is 17.8 Å². The van der Waals surface area contributed by atoms with Crippen molar-refractivity contribution >= 4 is 0 Å². The molecule has 3 rings (SSSR count). The molecule has 0 atom stereocenters. The predicted molar refractivity (Wildman–Crippen MR) is 107 cm³/mol. The van der Waals surface area contributed by atoms with E-state index >= 15 is 0 Å². The molecule has 0 fully saturated rings. The number of aryl methyl sites for hydroxylation is 2. The highest BCUT2D eigenvalue weighted by molar-refractivity contribution is 5.77. The second-order valence-electron chi connectivity index (χ2n) is 6.61. The first-order chi connectivity index (χ1) is 12.1. The maximum absolute atomic E-state index is 5.27. The molecule has 0 aliphatic heterocycles. The number of rotatable bonds is 5. The van der Waals surface area contributed by atoms with Gasteiger partial charge in [0.05, 0.1) is 6.61 Å². The van der Waals surface area contributed by atoms with E-state index in [-0.39, 0.29) is 0 Å². The fraction of sp³-hybridized carbons (Fsp3) is 0.250. The third-order valence-electron chi connectivity index (χ3n) is 4.93. The van der Waals surface area contributed by atoms with E-state index in [1.54, 1.807) is 7.11 Å². The Hall–Kier alpha value is -2.38. The maximum atomic E-state index is 5.27. The van der Waals surface area contributed by atoms with Crippen LogP contribution in [0.2, 0.25) is 0 Å². The third-order valence-corrected chi connectivity index (χ3v) is 4.93. The summed E-state index contributed by atoms with van der Waals surface area (Å²) in [6.07, 6.45) is 1.07. The Bertz CT molecular complexity index is 877. The first-order valence-electron chi connectivity index (χ1n) is 8.91. The van der Waals surface area contributed by atoms with Crippen molar-refractivity contribution in [3.63, 3.8) is 0 Å². The molecule has 0 unspecified atom stereocenters. The Balaban J connectivity index is 2.09. The summed E-state index contributed by atoms with van der Waals surface area (Å²) >= 11 is 0. The lowest BCUT2D eigenvalue weighted by Crippen LogP contribution is -1.93. The van der Waals surface area contributed by atoms with Crippen LogP contribution in [0.25, 0.3) is 22.3 Å². The Labute approximate surface area is 151 Å². The molecule has 0 N–H and O–H groups in total. The minimum atomic E-state index is 0.643. The van der Waals surface area contributed by atoms with E-state index in [0.717, 1.165) is 6.42 Å². The van der Waals surface area contributed by atoms with Crippen molar-refractivity contribution in [2.24, 2.45) is 0 Å². The quantitative estimate of drug-likeness (QED) is 0.530. The van der Waals surface area contributed by atoms with Crippen molar-refractivity contribution in [3.8, 4) is 22.3 Å². The molecule has 0 radical (unpaired) electrons. The van der Waals surface area contributed by atoms with Gasteiger partial charge in [0.1, 0.15) is 0 Å². The Kier molecular flexibility index (Phi) is 5.35. The molecule has 0 aliphatic carbocycles. The molecule has 0 aliphatic rings. The molecule has 3 aromatic rings. The normalized spacial score (nSPS) is 10.9. The van der Waals surface area contributed by atoms with Crippen LogP contribution in [0.15, 0.2) is 60.7 Å². The van der Waals surface area contributed by atoms with Gasteiger partial charge < -0.3 is 4.74 Å². The van der Waals surface area contributed by atoms with E-state index in [1.807, 2.05) is 0 Å². The van der Waals surface area contributed by atoms with Gasteiger partial charge in [0, 0.05) is 7.11 Å². The predicted octanol–water partition coefficient (Wildman–Crippen LogP) is 6.35. The highest BCUT2D eigenvalue weighted by atomic mass is 16.5. The van der Waals surface area contributed by atoms with E-state index < -0.39 is 0 Å². The van der Waals surface area contributed by atoms with Crippen molar-refractivity contribution in [1.82, 2.24) is 0 Å². The number of methoxy groups -OCH3 is 1. The molecule has 25 heavy (non-hydrogen) atoms. The van der Waals surface area contributed by atoms with E-state index in [2.05, 4.69) is 81.4 Å². The molecule has 3 aromatic carbocycles. The summed E-state index contributed by atoms with van der Waals surface area (Å²) in [5, 5.41) is 0. The van der Waals surface area contributed by atoms with Crippen LogP contribution < -0.4 is 0 Å². The number of benzene rings is 3. The van der Waals surface area contributed by atoms with Crippen LogP contribution in [0.1, 0.15) is 29.2 Å². The van der Waals surface area contributed by atoms with Crippen LogP contribution in [0, 0.1) is 13.8 Å². The Morgan fingerprint density at radius 2 is 1.56 bits per heavy atom. The zero-order valence-electron chi connectivity index (χ0n) is 15.6. The minimum absolute atomic E-state index is 0.643. The van der Waals surface area contributed by atoms with Crippen LogP contribution in [0.3, 0.4) is 0 Å². The highest BCUT2D eigenvalue weighted by Crippen LogP contribution is 2.32. The van der Waals surface area contributed by atoms with Gasteiger partial charge in [0.25, 0.3) is 0 Å². The third kappa shape index (κ3) is 3.67. The fourth-order valence-corrected chi connectivity index (χ4v) is 3.46. The molecule has 0 amide bonds. The first kappa shape index (κ1) is 17.4. The molecule has 0 heterocycles. The summed E-state index contributed by atoms with van der Waals surface area (Å²) in [4.78, 5) is 0. The summed E-state index contributed by atoms with van der Waals surface area (Å²) in [5.41, 5.74) is 10.5. The van der Waals surface area contributed by atoms with Gasteiger partial charge in [-0.05, 0) is 76.9 Å². The van der Waals surface area contributed by atoms with Gasteiger partial charge in [-0.1, -0.05) is 55.5 Å². The fourth-order valence-electron chi connectivity index (χ4n) is 3.46. The lowest BCUT2D eigenvalue weighted by Gasteiger charge is -2.15. The second kappa shape index (κ2) is 7.67. The van der Waals surface area contributed by atoms with Crippen molar-refractivity contribution in [1.29, 1.82) is 0 Å². The van der Waals surface area contributed by atoms with Gasteiger partial charge in [0.2, 0.25) is 0 Å². The van der Waals surface area contributed by atoms with Crippen molar-refractivity contribution < 1.29 is 4.74 Å². The first-order valence-corrected chi connectivity index (χ1v) is 8.91. The van der Waals surface area contributed by atoms with Crippen LogP contribution in [-0.4, -0.2) is 7.11 Å². The highest BCUT2D eigenvalue weighted by Gasteiger charge is 2.10. The van der Waals surface area contributed by atoms with Gasteiger partial charge in [-0.2, -0.15) is 0 Å². The molecule has 0 saturated carbocycles. The summed E-state index contributed by atoms with van der Waals surface area (Å²) < 4.78 is 5.27. The SMILES string of the molecule is CCc1cccc(-c2cc(-c3cccc(COC)c3)ccc2C)c1C. The number of hydrogen-bond donors (Lipinski definition) is 0. The average molecular weight is 330 g/mol. The molecule has 0 spiro atoms. The zero-order valence-corrected chi connectivity index (χ0v) is 15.6. The molecular weight excluding hydrogens is 304 g/mol. The van der Waals surface area contributed by atoms with E-state index in [1.165, 1.54) is 44.5 Å². The van der Waals surface area contributed by atoms with Crippen LogP contribution in [0.5, 0.6) is 0 Å². The standard InChI is InChI=1S/C24H26O/c1-5-20-9-7-11-23(18(20)3)24-15-22(13-12-17(24)2)21-10-6-8-19(14-21)16-25-4/h6-15H,5,16H2,1-4H3. The van der Waals surface area contributed by atoms with Gasteiger partial charge in [-0.15, -0.1) is 0 Å². The molecule has 1 nitrogen and oxygen atoms in total. The maximum Gasteiger partial charge on any atom is 0.0713 e. The van der Waals surface area contributed by atoms with E-state index in [0.29, 0.717) is 6.61 Å². The van der Waals surface area contributed by atoms with E-state index in [9.17, 15) is 0 Å². The lowest BCUT2D eigenvalue weighted by molar-refractivity contribution is 0.185. The van der Waals surface area contributed by atoms with Gasteiger partial charge in [0.15, 0.2) is 0 Å². The molecule has 1 heteroatoms. The summed E-state index contributed by atoms with van der Waals surface area (Å²) in [5.74, 6) is 0. The zero-order chi connectivity index (χ0) is 17.8. The second-order valence-corrected chi connectivity index (χ2v) is 6.61. The monoisotopic (exact) mass is 330 g/mol. The largest absolute Gasteiger partial charge is 0.380 e. The number of ether oxygens (including phenoxy) is 1. The molecular formula is C24H26O. The summed E-state index contributed by atoms with van der Waals surface area (Å²) in [7, 11) is 1.74. The van der Waals surface area contributed by atoms with Crippen molar-refractivity contribution in [2.45, 2.75) is 33.8 Å². The smallest absolute Gasteiger partial charge is 0.0713 e. The molecule has 128 valence electrons.